The summed E-state index contributed by atoms with van der Waals surface area (Å²) in [7, 11) is 0. The van der Waals surface area contributed by atoms with Gasteiger partial charge < -0.3 is 15.2 Å². The average molecular weight is 265 g/mol. The summed E-state index contributed by atoms with van der Waals surface area (Å²) in [5.41, 5.74) is 0.969. The molecule has 1 amide bonds. The molecule has 19 heavy (non-hydrogen) atoms. The maximum Gasteiger partial charge on any atom is 0.224 e. The summed E-state index contributed by atoms with van der Waals surface area (Å²) in [5.74, 6) is 0.832. The van der Waals surface area contributed by atoms with Crippen LogP contribution in [0.5, 0.6) is 5.75 Å². The monoisotopic (exact) mass is 265 g/mol. The number of rotatable bonds is 8. The van der Waals surface area contributed by atoms with Crippen LogP contribution >= 0.6 is 0 Å². The van der Waals surface area contributed by atoms with Crippen molar-refractivity contribution in [1.82, 2.24) is 5.32 Å². The van der Waals surface area contributed by atoms with Crippen LogP contribution in [0.2, 0.25) is 0 Å². The normalized spacial score (nSPS) is 11.9. The predicted octanol–water partition coefficient (Wildman–Crippen LogP) is 1.90. The first kappa shape index (κ1) is 15.5. The number of aliphatic hydroxyl groups is 1. The Bertz CT molecular complexity index is 373. The van der Waals surface area contributed by atoms with E-state index >= 15 is 0 Å². The average Bonchev–Trinajstić information content (AvgIpc) is 2.37. The third-order valence-electron chi connectivity index (χ3n) is 2.72. The Labute approximate surface area is 114 Å². The first-order chi connectivity index (χ1) is 9.11. The van der Waals surface area contributed by atoms with Crippen LogP contribution in [0.3, 0.4) is 0 Å². The second kappa shape index (κ2) is 8.53. The van der Waals surface area contributed by atoms with Crippen molar-refractivity contribution in [1.29, 1.82) is 0 Å². The second-order valence-electron chi connectivity index (χ2n) is 4.59. The van der Waals surface area contributed by atoms with Gasteiger partial charge in [0.05, 0.1) is 19.1 Å². The highest BCUT2D eigenvalue weighted by molar-refractivity contribution is 5.78. The zero-order chi connectivity index (χ0) is 14.1. The van der Waals surface area contributed by atoms with Crippen molar-refractivity contribution in [3.8, 4) is 5.75 Å². The number of carbonyl (C=O) groups is 1. The van der Waals surface area contributed by atoms with Gasteiger partial charge >= 0.3 is 0 Å². The van der Waals surface area contributed by atoms with Gasteiger partial charge in [-0.2, -0.15) is 0 Å². The Morgan fingerprint density at radius 1 is 1.37 bits per heavy atom. The van der Waals surface area contributed by atoms with E-state index in [2.05, 4.69) is 5.32 Å². The maximum absolute atomic E-state index is 11.7. The molecule has 1 aromatic rings. The molecule has 1 unspecified atom stereocenters. The number of hydrogen-bond acceptors (Lipinski definition) is 3. The van der Waals surface area contributed by atoms with Gasteiger partial charge in [-0.1, -0.05) is 12.1 Å². The molecule has 0 saturated carbocycles. The number of hydrogen-bond donors (Lipinski definition) is 2. The lowest BCUT2D eigenvalue weighted by Crippen LogP contribution is -2.26. The van der Waals surface area contributed by atoms with E-state index in [0.29, 0.717) is 26.0 Å². The highest BCUT2D eigenvalue weighted by Crippen LogP contribution is 2.12. The molecule has 4 heteroatoms. The lowest BCUT2D eigenvalue weighted by molar-refractivity contribution is -0.120. The minimum absolute atomic E-state index is 0.00903. The fourth-order valence-electron chi connectivity index (χ4n) is 1.74. The molecule has 0 aliphatic heterocycles. The van der Waals surface area contributed by atoms with E-state index in [1.54, 1.807) is 6.92 Å². The van der Waals surface area contributed by atoms with Crippen molar-refractivity contribution < 1.29 is 14.6 Å². The van der Waals surface area contributed by atoms with E-state index in [1.165, 1.54) is 0 Å². The third-order valence-corrected chi connectivity index (χ3v) is 2.72. The van der Waals surface area contributed by atoms with Crippen molar-refractivity contribution in [3.63, 3.8) is 0 Å². The van der Waals surface area contributed by atoms with E-state index in [1.807, 2.05) is 31.2 Å². The lowest BCUT2D eigenvalue weighted by atomic mass is 10.1. The molecule has 0 heterocycles. The molecule has 0 saturated heterocycles. The molecule has 0 aliphatic rings. The van der Waals surface area contributed by atoms with Gasteiger partial charge in [-0.05, 0) is 44.4 Å². The molecule has 0 aliphatic carbocycles. The van der Waals surface area contributed by atoms with E-state index in [9.17, 15) is 4.79 Å². The van der Waals surface area contributed by atoms with E-state index in [0.717, 1.165) is 17.7 Å². The quantitative estimate of drug-likeness (QED) is 0.706. The predicted molar refractivity (Wildman–Crippen MR) is 75.2 cm³/mol. The molecule has 1 rings (SSSR count). The van der Waals surface area contributed by atoms with Crippen LogP contribution < -0.4 is 10.1 Å². The number of ether oxygens (including phenoxy) is 1. The molecule has 0 bridgehead atoms. The summed E-state index contributed by atoms with van der Waals surface area (Å²) in [5, 5.41) is 11.9. The molecule has 106 valence electrons. The first-order valence-electron chi connectivity index (χ1n) is 6.78. The van der Waals surface area contributed by atoms with Gasteiger partial charge in [0, 0.05) is 6.54 Å². The van der Waals surface area contributed by atoms with Gasteiger partial charge in [-0.25, -0.2) is 0 Å². The minimum Gasteiger partial charge on any atom is -0.494 e. The van der Waals surface area contributed by atoms with Crippen LogP contribution in [0.4, 0.5) is 0 Å². The Morgan fingerprint density at radius 3 is 2.63 bits per heavy atom. The lowest BCUT2D eigenvalue weighted by Gasteiger charge is -2.07. The zero-order valence-electron chi connectivity index (χ0n) is 11.7. The Hall–Kier alpha value is -1.55. The fraction of sp³-hybridized carbons (Fsp3) is 0.533. The minimum atomic E-state index is -0.303. The van der Waals surface area contributed by atoms with Crippen LogP contribution in [0.1, 0.15) is 32.3 Å². The molecular weight excluding hydrogens is 242 g/mol. The molecule has 4 nitrogen and oxygen atoms in total. The summed E-state index contributed by atoms with van der Waals surface area (Å²) in [4.78, 5) is 11.7. The smallest absolute Gasteiger partial charge is 0.224 e. The summed E-state index contributed by atoms with van der Waals surface area (Å²) < 4.78 is 5.34. The summed E-state index contributed by atoms with van der Waals surface area (Å²) in [6.07, 6.45) is 1.58. The number of amides is 1. The van der Waals surface area contributed by atoms with E-state index < -0.39 is 0 Å². The zero-order valence-corrected chi connectivity index (χ0v) is 11.7. The molecule has 2 N–H and O–H groups in total. The standard InChI is InChI=1S/C15H23NO3/c1-3-19-14-8-6-13(7-9-14)11-15(18)16-10-4-5-12(2)17/h6-9,12,17H,3-5,10-11H2,1-2H3,(H,16,18). The number of carbonyl (C=O) groups excluding carboxylic acids is 1. The molecule has 1 atom stereocenters. The highest BCUT2D eigenvalue weighted by Gasteiger charge is 2.03. The molecule has 0 aromatic heterocycles. The Balaban J connectivity index is 2.27. The Kier molecular flexibility index (Phi) is 6.97. The molecule has 0 radical (unpaired) electrons. The Morgan fingerprint density at radius 2 is 2.05 bits per heavy atom. The van der Waals surface area contributed by atoms with Crippen LogP contribution in [0.15, 0.2) is 24.3 Å². The molecular formula is C15H23NO3. The van der Waals surface area contributed by atoms with Crippen LogP contribution in [0.25, 0.3) is 0 Å². The van der Waals surface area contributed by atoms with Crippen molar-refractivity contribution in [2.45, 2.75) is 39.2 Å². The van der Waals surface area contributed by atoms with Crippen LogP contribution in [-0.2, 0) is 11.2 Å². The van der Waals surface area contributed by atoms with Crippen molar-refractivity contribution in [3.05, 3.63) is 29.8 Å². The second-order valence-corrected chi connectivity index (χ2v) is 4.59. The van der Waals surface area contributed by atoms with Crippen LogP contribution in [-0.4, -0.2) is 30.3 Å². The SMILES string of the molecule is CCOc1ccc(CC(=O)NCCCC(C)O)cc1. The van der Waals surface area contributed by atoms with Gasteiger partial charge in [-0.15, -0.1) is 0 Å². The number of aliphatic hydroxyl groups excluding tert-OH is 1. The maximum atomic E-state index is 11.7. The first-order valence-corrected chi connectivity index (χ1v) is 6.78. The van der Waals surface area contributed by atoms with Gasteiger partial charge in [0.1, 0.15) is 5.75 Å². The summed E-state index contributed by atoms with van der Waals surface area (Å²) in [6, 6.07) is 7.56. The van der Waals surface area contributed by atoms with Crippen molar-refractivity contribution in [2.75, 3.05) is 13.2 Å². The highest BCUT2D eigenvalue weighted by atomic mass is 16.5. The molecule has 0 fully saturated rings. The number of benzene rings is 1. The topological polar surface area (TPSA) is 58.6 Å². The van der Waals surface area contributed by atoms with Gasteiger partial charge in [0.15, 0.2) is 0 Å². The number of nitrogens with one attached hydrogen (secondary N) is 1. The largest absolute Gasteiger partial charge is 0.494 e. The van der Waals surface area contributed by atoms with Gasteiger partial charge in [0.2, 0.25) is 5.91 Å². The van der Waals surface area contributed by atoms with Gasteiger partial charge in [0.25, 0.3) is 0 Å². The molecule has 0 spiro atoms. The fourth-order valence-corrected chi connectivity index (χ4v) is 1.74. The van der Waals surface area contributed by atoms with E-state index in [-0.39, 0.29) is 12.0 Å². The third kappa shape index (κ3) is 6.82. The van der Waals surface area contributed by atoms with Gasteiger partial charge in [-0.3, -0.25) is 4.79 Å². The van der Waals surface area contributed by atoms with E-state index in [4.69, 9.17) is 9.84 Å². The molecule has 1 aromatic carbocycles. The van der Waals surface area contributed by atoms with Crippen molar-refractivity contribution in [2.24, 2.45) is 0 Å². The van der Waals surface area contributed by atoms with Crippen molar-refractivity contribution >= 4 is 5.91 Å². The summed E-state index contributed by atoms with van der Waals surface area (Å²) in [6.45, 7) is 4.94. The summed E-state index contributed by atoms with van der Waals surface area (Å²) >= 11 is 0. The van der Waals surface area contributed by atoms with Crippen LogP contribution in [0, 0.1) is 0 Å².